The fourth-order valence-corrected chi connectivity index (χ4v) is 3.75. The lowest BCUT2D eigenvalue weighted by Gasteiger charge is -2.17. The average molecular weight is 427 g/mol. The van der Waals surface area contributed by atoms with Crippen LogP contribution in [0.15, 0.2) is 48.5 Å². The zero-order chi connectivity index (χ0) is 21.3. The number of rotatable bonds is 5. The Labute approximate surface area is 177 Å². The third-order valence-corrected chi connectivity index (χ3v) is 5.32. The van der Waals surface area contributed by atoms with Crippen LogP contribution in [0, 0.1) is 5.92 Å². The normalized spacial score (nSPS) is 18.7. The van der Waals surface area contributed by atoms with Crippen LogP contribution in [0.25, 0.3) is 0 Å². The number of benzene rings is 2. The summed E-state index contributed by atoms with van der Waals surface area (Å²) in [6.07, 6.45) is 0.112. The maximum absolute atomic E-state index is 12.7. The Hall–Kier alpha value is -3.39. The molecule has 4 rings (SSSR count). The molecule has 1 atom stereocenters. The van der Waals surface area contributed by atoms with Gasteiger partial charge in [-0.15, -0.1) is 0 Å². The lowest BCUT2D eigenvalue weighted by Crippen LogP contribution is -2.30. The summed E-state index contributed by atoms with van der Waals surface area (Å²) in [7, 11) is 0. The molecule has 1 unspecified atom stereocenters. The zero-order valence-corrected chi connectivity index (χ0v) is 16.7. The summed E-state index contributed by atoms with van der Waals surface area (Å²) in [6, 6.07) is 13.5. The van der Waals surface area contributed by atoms with Gasteiger partial charge in [0.25, 0.3) is 0 Å². The molecule has 2 aromatic carbocycles. The van der Waals surface area contributed by atoms with Gasteiger partial charge in [-0.1, -0.05) is 29.8 Å². The van der Waals surface area contributed by atoms with Crippen LogP contribution in [0.2, 0.25) is 5.02 Å². The van der Waals surface area contributed by atoms with E-state index in [1.54, 1.807) is 53.4 Å². The van der Waals surface area contributed by atoms with E-state index in [0.717, 1.165) is 4.90 Å². The lowest BCUT2D eigenvalue weighted by atomic mass is 10.1. The molecule has 2 aromatic rings. The quantitative estimate of drug-likeness (QED) is 0.717. The van der Waals surface area contributed by atoms with Crippen LogP contribution in [-0.4, -0.2) is 41.7 Å². The molecule has 2 fully saturated rings. The molecule has 0 bridgehead atoms. The Kier molecular flexibility index (Phi) is 5.41. The maximum atomic E-state index is 12.7. The number of nitrogens with one attached hydrogen (secondary N) is 2. The van der Waals surface area contributed by atoms with E-state index in [1.807, 2.05) is 0 Å². The second-order valence-corrected chi connectivity index (χ2v) is 7.65. The smallest absolute Gasteiger partial charge is 0.324 e. The number of halogens is 1. The summed E-state index contributed by atoms with van der Waals surface area (Å²) in [5, 5.41) is 5.82. The highest BCUT2D eigenvalue weighted by molar-refractivity contribution is 6.31. The number of urea groups is 1. The van der Waals surface area contributed by atoms with Gasteiger partial charge in [0, 0.05) is 29.4 Å². The van der Waals surface area contributed by atoms with Crippen molar-refractivity contribution in [3.8, 4) is 0 Å². The molecule has 2 heterocycles. The molecule has 0 aromatic heterocycles. The summed E-state index contributed by atoms with van der Waals surface area (Å²) >= 11 is 6.00. The predicted octanol–water partition coefficient (Wildman–Crippen LogP) is 2.38. The lowest BCUT2D eigenvalue weighted by molar-refractivity contribution is -0.125. The minimum absolute atomic E-state index is 0.00586. The first-order valence-corrected chi connectivity index (χ1v) is 9.82. The van der Waals surface area contributed by atoms with Crippen molar-refractivity contribution in [3.05, 3.63) is 59.1 Å². The van der Waals surface area contributed by atoms with Crippen LogP contribution in [0.5, 0.6) is 0 Å². The number of carbonyl (C=O) groups is 4. The number of amides is 5. The van der Waals surface area contributed by atoms with Crippen molar-refractivity contribution in [2.75, 3.05) is 23.3 Å². The molecule has 2 aliphatic rings. The van der Waals surface area contributed by atoms with E-state index in [1.165, 1.54) is 0 Å². The molecular formula is C21H19ClN4O4. The highest BCUT2D eigenvalue weighted by Crippen LogP contribution is 2.28. The molecule has 154 valence electrons. The van der Waals surface area contributed by atoms with Crippen molar-refractivity contribution >= 4 is 46.7 Å². The highest BCUT2D eigenvalue weighted by atomic mass is 35.5. The van der Waals surface area contributed by atoms with Gasteiger partial charge in [0.15, 0.2) is 0 Å². The summed E-state index contributed by atoms with van der Waals surface area (Å²) in [4.78, 5) is 51.3. The van der Waals surface area contributed by atoms with Crippen LogP contribution in [0.1, 0.15) is 12.0 Å². The van der Waals surface area contributed by atoms with E-state index in [2.05, 4.69) is 10.6 Å². The van der Waals surface area contributed by atoms with Crippen molar-refractivity contribution in [2.45, 2.75) is 13.0 Å². The van der Waals surface area contributed by atoms with E-state index >= 15 is 0 Å². The molecule has 2 aliphatic heterocycles. The van der Waals surface area contributed by atoms with Crippen molar-refractivity contribution in [1.29, 1.82) is 0 Å². The molecule has 5 amide bonds. The van der Waals surface area contributed by atoms with Crippen molar-refractivity contribution in [1.82, 2.24) is 10.2 Å². The van der Waals surface area contributed by atoms with Gasteiger partial charge >= 0.3 is 6.03 Å². The first kappa shape index (κ1) is 19.9. The first-order chi connectivity index (χ1) is 14.4. The second-order valence-electron chi connectivity index (χ2n) is 7.21. The highest BCUT2D eigenvalue weighted by Gasteiger charge is 2.35. The van der Waals surface area contributed by atoms with Gasteiger partial charge < -0.3 is 15.5 Å². The van der Waals surface area contributed by atoms with Crippen LogP contribution in [0.4, 0.5) is 16.2 Å². The molecule has 9 heteroatoms. The molecule has 0 radical (unpaired) electrons. The fourth-order valence-electron chi connectivity index (χ4n) is 3.57. The molecular weight excluding hydrogens is 408 g/mol. The van der Waals surface area contributed by atoms with Crippen LogP contribution >= 0.6 is 11.6 Å². The number of imide groups is 1. The van der Waals surface area contributed by atoms with E-state index in [4.69, 9.17) is 11.6 Å². The Bertz CT molecular complexity index is 1030. The summed E-state index contributed by atoms with van der Waals surface area (Å²) in [6.45, 7) is 0.389. The van der Waals surface area contributed by atoms with Crippen molar-refractivity contribution < 1.29 is 19.2 Å². The van der Waals surface area contributed by atoms with Gasteiger partial charge in [-0.2, -0.15) is 0 Å². The van der Waals surface area contributed by atoms with Crippen molar-refractivity contribution in [3.63, 3.8) is 0 Å². The van der Waals surface area contributed by atoms with Gasteiger partial charge in [-0.05, 0) is 35.9 Å². The van der Waals surface area contributed by atoms with E-state index in [-0.39, 0.29) is 43.8 Å². The standard InChI is InChI=1S/C21H19ClN4O4/c22-15-4-2-6-17(9-15)25-12-14(8-18(25)27)20(29)24-16-5-1-3-13(7-16)11-26-19(28)10-23-21(26)30/h1-7,9,14H,8,10-12H2,(H,23,30)(H,24,29). The van der Waals surface area contributed by atoms with Gasteiger partial charge in [0.2, 0.25) is 17.7 Å². The summed E-state index contributed by atoms with van der Waals surface area (Å²) in [5.74, 6) is -1.18. The second kappa shape index (κ2) is 8.16. The number of hydrogen-bond donors (Lipinski definition) is 2. The Balaban J connectivity index is 1.41. The summed E-state index contributed by atoms with van der Waals surface area (Å²) < 4.78 is 0. The molecule has 0 spiro atoms. The molecule has 0 aliphatic carbocycles. The third kappa shape index (κ3) is 4.13. The van der Waals surface area contributed by atoms with Gasteiger partial charge in [0.1, 0.15) is 0 Å². The zero-order valence-electron chi connectivity index (χ0n) is 15.9. The van der Waals surface area contributed by atoms with E-state index < -0.39 is 11.9 Å². The number of nitrogens with zero attached hydrogens (tertiary/aromatic N) is 2. The monoisotopic (exact) mass is 426 g/mol. The Morgan fingerprint density at radius 1 is 1.10 bits per heavy atom. The van der Waals surface area contributed by atoms with Crippen LogP contribution < -0.4 is 15.5 Å². The number of hydrogen-bond acceptors (Lipinski definition) is 4. The Morgan fingerprint density at radius 2 is 1.90 bits per heavy atom. The average Bonchev–Trinajstić information content (AvgIpc) is 3.26. The number of carbonyl (C=O) groups excluding carboxylic acids is 4. The number of anilines is 2. The largest absolute Gasteiger partial charge is 0.329 e. The van der Waals surface area contributed by atoms with Crippen LogP contribution in [0.3, 0.4) is 0 Å². The third-order valence-electron chi connectivity index (χ3n) is 5.09. The van der Waals surface area contributed by atoms with Gasteiger partial charge in [-0.25, -0.2) is 4.79 Å². The SMILES string of the molecule is O=C(Nc1cccc(CN2C(=O)CNC2=O)c1)C1CC(=O)N(c2cccc(Cl)c2)C1. The Morgan fingerprint density at radius 3 is 2.63 bits per heavy atom. The fraction of sp³-hybridized carbons (Fsp3) is 0.238. The minimum Gasteiger partial charge on any atom is -0.329 e. The predicted molar refractivity (Wildman–Crippen MR) is 111 cm³/mol. The topological polar surface area (TPSA) is 98.8 Å². The molecule has 2 saturated heterocycles. The first-order valence-electron chi connectivity index (χ1n) is 9.44. The molecule has 2 N–H and O–H groups in total. The molecule has 0 saturated carbocycles. The summed E-state index contributed by atoms with van der Waals surface area (Å²) in [5.41, 5.74) is 1.91. The van der Waals surface area contributed by atoms with Crippen molar-refractivity contribution in [2.24, 2.45) is 5.92 Å². The van der Waals surface area contributed by atoms with E-state index in [0.29, 0.717) is 22.0 Å². The van der Waals surface area contributed by atoms with Gasteiger partial charge in [0.05, 0.1) is 19.0 Å². The van der Waals surface area contributed by atoms with E-state index in [9.17, 15) is 19.2 Å². The van der Waals surface area contributed by atoms with Gasteiger partial charge in [-0.3, -0.25) is 19.3 Å². The van der Waals surface area contributed by atoms with Crippen LogP contribution in [-0.2, 0) is 20.9 Å². The minimum atomic E-state index is -0.494. The molecule has 8 nitrogen and oxygen atoms in total. The molecule has 30 heavy (non-hydrogen) atoms. The maximum Gasteiger partial charge on any atom is 0.324 e.